The molecule has 1 saturated carbocycles. The Morgan fingerprint density at radius 2 is 1.87 bits per heavy atom. The maximum absolute atomic E-state index is 13.3. The van der Waals surface area contributed by atoms with Gasteiger partial charge in [-0.05, 0) is 72.5 Å². The van der Waals surface area contributed by atoms with Crippen LogP contribution in [-0.2, 0) is 11.2 Å². The summed E-state index contributed by atoms with van der Waals surface area (Å²) in [6, 6.07) is 6.06. The lowest BCUT2D eigenvalue weighted by Gasteiger charge is -2.31. The summed E-state index contributed by atoms with van der Waals surface area (Å²) in [5, 5.41) is 0. The second-order valence-corrected chi connectivity index (χ2v) is 10.9. The Balaban J connectivity index is 1.66. The molecule has 4 atom stereocenters. The van der Waals surface area contributed by atoms with E-state index in [1.54, 1.807) is 14.2 Å². The number of allylic oxidation sites excluding steroid dienone is 2. The molecule has 1 fully saturated rings. The minimum Gasteiger partial charge on any atom is -0.493 e. The lowest BCUT2D eigenvalue weighted by Crippen LogP contribution is -2.39. The van der Waals surface area contributed by atoms with Crippen molar-refractivity contribution in [2.75, 3.05) is 27.3 Å². The van der Waals surface area contributed by atoms with E-state index in [4.69, 9.17) is 9.47 Å². The molecule has 0 aliphatic heterocycles. The first-order chi connectivity index (χ1) is 14.7. The number of hydrogen-bond acceptors (Lipinski definition) is 3. The van der Waals surface area contributed by atoms with Crippen LogP contribution < -0.4 is 9.47 Å². The Morgan fingerprint density at radius 3 is 2.45 bits per heavy atom. The zero-order chi connectivity index (χ0) is 22.6. The molecular formula is C27H41NO3. The summed E-state index contributed by atoms with van der Waals surface area (Å²) >= 11 is 0. The Morgan fingerprint density at radius 1 is 1.13 bits per heavy atom. The molecule has 0 saturated heterocycles. The van der Waals surface area contributed by atoms with Crippen LogP contribution in [0.4, 0.5) is 0 Å². The molecule has 1 aromatic rings. The summed E-state index contributed by atoms with van der Waals surface area (Å²) in [7, 11) is 3.32. The van der Waals surface area contributed by atoms with Gasteiger partial charge in [-0.3, -0.25) is 4.79 Å². The molecule has 0 spiro atoms. The third-order valence-electron chi connectivity index (χ3n) is 6.83. The summed E-state index contributed by atoms with van der Waals surface area (Å²) in [4.78, 5) is 15.5. The minimum atomic E-state index is 0.250. The van der Waals surface area contributed by atoms with Crippen molar-refractivity contribution < 1.29 is 14.3 Å². The lowest BCUT2D eigenvalue weighted by atomic mass is 9.84. The molecular weight excluding hydrogens is 386 g/mol. The smallest absolute Gasteiger partial charge is 0.222 e. The Labute approximate surface area is 189 Å². The fraction of sp³-hybridized carbons (Fsp3) is 0.667. The molecule has 2 bridgehead atoms. The number of nitrogens with zero attached hydrogens (tertiary/aromatic N) is 1. The van der Waals surface area contributed by atoms with Gasteiger partial charge in [-0.1, -0.05) is 45.9 Å². The van der Waals surface area contributed by atoms with E-state index < -0.39 is 0 Å². The SMILES string of the molecule is COc1ccc(CCN(CC2CC3C=CC2C3)C(=O)CC(C)CC(C)(C)C)cc1OC. The molecule has 0 aromatic heterocycles. The molecule has 2 aliphatic rings. The summed E-state index contributed by atoms with van der Waals surface area (Å²) < 4.78 is 10.8. The van der Waals surface area contributed by atoms with Gasteiger partial charge < -0.3 is 14.4 Å². The first-order valence-electron chi connectivity index (χ1n) is 11.9. The largest absolute Gasteiger partial charge is 0.493 e. The van der Waals surface area contributed by atoms with Crippen LogP contribution in [0.25, 0.3) is 0 Å². The number of hydrogen-bond donors (Lipinski definition) is 0. The number of rotatable bonds is 10. The fourth-order valence-electron chi connectivity index (χ4n) is 5.55. The molecule has 172 valence electrons. The standard InChI is InChI=1S/C27H41NO3/c1-19(17-27(2,3)4)13-26(29)28(18-23-15-21-7-9-22(23)14-21)12-11-20-8-10-24(30-5)25(16-20)31-6/h7-10,16,19,21-23H,11-15,17-18H2,1-6H3. The van der Waals surface area contributed by atoms with Gasteiger partial charge in [0.25, 0.3) is 0 Å². The van der Waals surface area contributed by atoms with E-state index >= 15 is 0 Å². The van der Waals surface area contributed by atoms with Gasteiger partial charge in [-0.15, -0.1) is 0 Å². The number of benzene rings is 1. The number of amides is 1. The van der Waals surface area contributed by atoms with Gasteiger partial charge in [0.05, 0.1) is 14.2 Å². The quantitative estimate of drug-likeness (QED) is 0.446. The molecule has 0 heterocycles. The maximum Gasteiger partial charge on any atom is 0.222 e. The van der Waals surface area contributed by atoms with Gasteiger partial charge in [-0.25, -0.2) is 0 Å². The molecule has 31 heavy (non-hydrogen) atoms. The van der Waals surface area contributed by atoms with Gasteiger partial charge >= 0.3 is 0 Å². The zero-order valence-electron chi connectivity index (χ0n) is 20.3. The second-order valence-electron chi connectivity index (χ2n) is 10.9. The molecule has 1 aromatic carbocycles. The summed E-state index contributed by atoms with van der Waals surface area (Å²) in [6.45, 7) is 10.6. The number of carbonyl (C=O) groups is 1. The van der Waals surface area contributed by atoms with Crippen molar-refractivity contribution in [3.05, 3.63) is 35.9 Å². The van der Waals surface area contributed by atoms with Crippen molar-refractivity contribution in [1.29, 1.82) is 0 Å². The number of fused-ring (bicyclic) bond motifs is 2. The van der Waals surface area contributed by atoms with E-state index in [0.29, 0.717) is 30.1 Å². The van der Waals surface area contributed by atoms with Crippen molar-refractivity contribution in [3.63, 3.8) is 0 Å². The lowest BCUT2D eigenvalue weighted by molar-refractivity contribution is -0.133. The molecule has 0 N–H and O–H groups in total. The average molecular weight is 428 g/mol. The number of methoxy groups -OCH3 is 2. The monoisotopic (exact) mass is 427 g/mol. The van der Waals surface area contributed by atoms with Crippen LogP contribution in [0, 0.1) is 29.1 Å². The van der Waals surface area contributed by atoms with E-state index in [-0.39, 0.29) is 5.41 Å². The third-order valence-corrected chi connectivity index (χ3v) is 6.83. The molecule has 4 unspecified atom stereocenters. The van der Waals surface area contributed by atoms with E-state index in [1.807, 2.05) is 12.1 Å². The van der Waals surface area contributed by atoms with E-state index in [9.17, 15) is 4.79 Å². The second kappa shape index (κ2) is 10.1. The van der Waals surface area contributed by atoms with Gasteiger partial charge in [0, 0.05) is 19.5 Å². The maximum atomic E-state index is 13.3. The summed E-state index contributed by atoms with van der Waals surface area (Å²) in [5.41, 5.74) is 1.42. The van der Waals surface area contributed by atoms with Crippen LogP contribution in [0.15, 0.2) is 30.4 Å². The van der Waals surface area contributed by atoms with Gasteiger partial charge in [0.15, 0.2) is 11.5 Å². The first kappa shape index (κ1) is 23.7. The van der Waals surface area contributed by atoms with Crippen LogP contribution in [-0.4, -0.2) is 38.1 Å². The van der Waals surface area contributed by atoms with E-state index in [0.717, 1.165) is 43.3 Å². The van der Waals surface area contributed by atoms with Crippen molar-refractivity contribution in [3.8, 4) is 11.5 Å². The van der Waals surface area contributed by atoms with Crippen LogP contribution >= 0.6 is 0 Å². The van der Waals surface area contributed by atoms with Crippen LogP contribution in [0.3, 0.4) is 0 Å². The van der Waals surface area contributed by atoms with Crippen LogP contribution in [0.5, 0.6) is 11.5 Å². The van der Waals surface area contributed by atoms with Crippen molar-refractivity contribution in [2.45, 2.75) is 59.8 Å². The molecule has 1 amide bonds. The zero-order valence-corrected chi connectivity index (χ0v) is 20.3. The summed E-state index contributed by atoms with van der Waals surface area (Å²) in [6.07, 6.45) is 9.82. The predicted molar refractivity (Wildman–Crippen MR) is 127 cm³/mol. The first-order valence-corrected chi connectivity index (χ1v) is 11.9. The van der Waals surface area contributed by atoms with E-state index in [1.165, 1.54) is 18.4 Å². The third kappa shape index (κ3) is 6.51. The highest BCUT2D eigenvalue weighted by Crippen LogP contribution is 2.43. The highest BCUT2D eigenvalue weighted by Gasteiger charge is 2.37. The van der Waals surface area contributed by atoms with Crippen molar-refractivity contribution >= 4 is 5.91 Å². The molecule has 2 aliphatic carbocycles. The number of carbonyl (C=O) groups excluding carboxylic acids is 1. The molecule has 0 radical (unpaired) electrons. The minimum absolute atomic E-state index is 0.250. The fourth-order valence-corrected chi connectivity index (χ4v) is 5.55. The normalized spacial score (nSPS) is 23.1. The van der Waals surface area contributed by atoms with Crippen molar-refractivity contribution in [2.24, 2.45) is 29.1 Å². The number of ether oxygens (including phenoxy) is 2. The van der Waals surface area contributed by atoms with Gasteiger partial charge in [-0.2, -0.15) is 0 Å². The van der Waals surface area contributed by atoms with Gasteiger partial charge in [0.1, 0.15) is 0 Å². The Bertz CT molecular complexity index is 779. The van der Waals surface area contributed by atoms with Crippen molar-refractivity contribution in [1.82, 2.24) is 4.90 Å². The highest BCUT2D eigenvalue weighted by molar-refractivity contribution is 5.76. The van der Waals surface area contributed by atoms with Crippen LogP contribution in [0.1, 0.15) is 58.9 Å². The average Bonchev–Trinajstić information content (AvgIpc) is 3.32. The Kier molecular flexibility index (Phi) is 7.72. The summed E-state index contributed by atoms with van der Waals surface area (Å²) in [5.74, 6) is 4.20. The highest BCUT2D eigenvalue weighted by atomic mass is 16.5. The molecule has 4 heteroatoms. The molecule has 4 nitrogen and oxygen atoms in total. The van der Waals surface area contributed by atoms with E-state index in [2.05, 4.69) is 50.8 Å². The predicted octanol–water partition coefficient (Wildman–Crippen LogP) is 5.75. The topological polar surface area (TPSA) is 38.8 Å². The van der Waals surface area contributed by atoms with Gasteiger partial charge in [0.2, 0.25) is 5.91 Å². The van der Waals surface area contributed by atoms with Crippen LogP contribution in [0.2, 0.25) is 0 Å². The molecule has 3 rings (SSSR count). The Hall–Kier alpha value is -1.97.